The van der Waals surface area contributed by atoms with E-state index >= 15 is 0 Å². The lowest BCUT2D eigenvalue weighted by Crippen LogP contribution is -2.09. The van der Waals surface area contributed by atoms with Crippen LogP contribution in [-0.4, -0.2) is 11.0 Å². The molecule has 2 aromatic rings. The first-order valence-electron chi connectivity index (χ1n) is 5.30. The van der Waals surface area contributed by atoms with Crippen LogP contribution in [0.15, 0.2) is 17.5 Å². The lowest BCUT2D eigenvalue weighted by atomic mass is 10.1. The summed E-state index contributed by atoms with van der Waals surface area (Å²) < 4.78 is 30.8. The summed E-state index contributed by atoms with van der Waals surface area (Å²) >= 11 is 1.42. The Morgan fingerprint density at radius 2 is 2.11 bits per heavy atom. The molecule has 100 valence electrons. The van der Waals surface area contributed by atoms with Crippen LogP contribution >= 0.6 is 11.3 Å². The van der Waals surface area contributed by atoms with Crippen molar-refractivity contribution in [1.29, 1.82) is 0 Å². The van der Waals surface area contributed by atoms with Gasteiger partial charge in [0.25, 0.3) is 0 Å². The van der Waals surface area contributed by atoms with Gasteiger partial charge in [0.1, 0.15) is 6.61 Å². The number of rotatable bonds is 3. The number of benzene rings is 1. The minimum atomic E-state index is -1.15. The van der Waals surface area contributed by atoms with Crippen molar-refractivity contribution in [2.24, 2.45) is 0 Å². The van der Waals surface area contributed by atoms with E-state index in [2.05, 4.69) is 4.98 Å². The zero-order valence-electron chi connectivity index (χ0n) is 9.94. The third-order valence-electron chi connectivity index (χ3n) is 2.33. The number of anilines is 1. The van der Waals surface area contributed by atoms with Crippen LogP contribution in [0.4, 0.5) is 14.5 Å². The quantitative estimate of drug-likeness (QED) is 0.695. The van der Waals surface area contributed by atoms with Gasteiger partial charge in [0.15, 0.2) is 11.6 Å². The van der Waals surface area contributed by atoms with Gasteiger partial charge in [-0.05, 0) is 13.0 Å². The topological polar surface area (TPSA) is 65.2 Å². The molecule has 0 spiro atoms. The molecule has 0 amide bonds. The zero-order valence-corrected chi connectivity index (χ0v) is 10.8. The number of halogens is 2. The number of aromatic nitrogens is 1. The van der Waals surface area contributed by atoms with E-state index in [9.17, 15) is 13.6 Å². The van der Waals surface area contributed by atoms with E-state index in [0.717, 1.165) is 17.1 Å². The average molecular weight is 284 g/mol. The fraction of sp³-hybridized carbons (Fsp3) is 0.167. The van der Waals surface area contributed by atoms with Crippen LogP contribution < -0.4 is 5.73 Å². The molecule has 1 heterocycles. The molecule has 1 aromatic carbocycles. The third kappa shape index (κ3) is 3.05. The maximum Gasteiger partial charge on any atom is 0.340 e. The first-order chi connectivity index (χ1) is 8.97. The number of thiazole rings is 1. The van der Waals surface area contributed by atoms with Crippen molar-refractivity contribution < 1.29 is 18.3 Å². The predicted molar refractivity (Wildman–Crippen MR) is 66.7 cm³/mol. The summed E-state index contributed by atoms with van der Waals surface area (Å²) in [5.41, 5.74) is 5.67. The number of carbonyl (C=O) groups is 1. The van der Waals surface area contributed by atoms with Gasteiger partial charge < -0.3 is 10.5 Å². The number of hydrogen-bond acceptors (Lipinski definition) is 5. The monoisotopic (exact) mass is 284 g/mol. The molecule has 1 aromatic heterocycles. The van der Waals surface area contributed by atoms with Crippen molar-refractivity contribution in [3.05, 3.63) is 45.4 Å². The van der Waals surface area contributed by atoms with Crippen molar-refractivity contribution in [1.82, 2.24) is 4.98 Å². The Labute approximate surface area is 111 Å². The van der Waals surface area contributed by atoms with Crippen LogP contribution in [0, 0.1) is 18.6 Å². The van der Waals surface area contributed by atoms with Gasteiger partial charge >= 0.3 is 5.97 Å². The minimum Gasteiger partial charge on any atom is -0.455 e. The van der Waals surface area contributed by atoms with Crippen molar-refractivity contribution in [2.75, 3.05) is 5.73 Å². The maximum atomic E-state index is 13.0. The molecule has 0 unspecified atom stereocenters. The number of nitrogen functional groups attached to an aromatic ring is 1. The summed E-state index contributed by atoms with van der Waals surface area (Å²) in [7, 11) is 0. The fourth-order valence-electron chi connectivity index (χ4n) is 1.43. The van der Waals surface area contributed by atoms with Gasteiger partial charge in [0.2, 0.25) is 0 Å². The highest BCUT2D eigenvalue weighted by Crippen LogP contribution is 2.18. The minimum absolute atomic E-state index is 0.0401. The van der Waals surface area contributed by atoms with E-state index in [-0.39, 0.29) is 17.9 Å². The number of ether oxygens (including phenoxy) is 1. The molecular weight excluding hydrogens is 274 g/mol. The largest absolute Gasteiger partial charge is 0.455 e. The maximum absolute atomic E-state index is 13.0. The number of aryl methyl sites for hydroxylation is 1. The van der Waals surface area contributed by atoms with Gasteiger partial charge in [-0.2, -0.15) is 0 Å². The second-order valence-corrected chi connectivity index (χ2v) is 4.85. The van der Waals surface area contributed by atoms with Crippen LogP contribution in [-0.2, 0) is 11.3 Å². The Morgan fingerprint density at radius 1 is 1.42 bits per heavy atom. The summed E-state index contributed by atoms with van der Waals surface area (Å²) in [5.74, 6) is -3.07. The number of nitrogens with two attached hydrogens (primary N) is 1. The molecule has 4 nitrogen and oxygen atoms in total. The molecule has 0 fully saturated rings. The van der Waals surface area contributed by atoms with E-state index in [1.165, 1.54) is 11.3 Å². The Bertz CT molecular complexity index is 628. The molecule has 0 aliphatic heterocycles. The molecule has 19 heavy (non-hydrogen) atoms. The molecule has 0 saturated heterocycles. The highest BCUT2D eigenvalue weighted by molar-refractivity contribution is 7.09. The van der Waals surface area contributed by atoms with Crippen molar-refractivity contribution in [2.45, 2.75) is 13.5 Å². The summed E-state index contributed by atoms with van der Waals surface area (Å²) in [6, 6.07) is 1.47. The number of nitrogens with zero attached hydrogens (tertiary/aromatic N) is 1. The molecule has 7 heteroatoms. The standard InChI is InChI=1S/C12H10F2N2O2S/c1-6-16-7(5-19-6)4-18-12(17)8-2-9(13)10(14)3-11(8)15/h2-3,5H,4,15H2,1H3. The number of esters is 1. The van der Waals surface area contributed by atoms with E-state index in [1.54, 1.807) is 5.38 Å². The second-order valence-electron chi connectivity index (χ2n) is 3.79. The van der Waals surface area contributed by atoms with Crippen LogP contribution in [0.1, 0.15) is 21.1 Å². The Morgan fingerprint density at radius 3 is 2.74 bits per heavy atom. The van der Waals surface area contributed by atoms with Gasteiger partial charge in [-0.25, -0.2) is 18.6 Å². The first-order valence-corrected chi connectivity index (χ1v) is 6.18. The highest BCUT2D eigenvalue weighted by atomic mass is 32.1. The third-order valence-corrected chi connectivity index (χ3v) is 3.15. The smallest absolute Gasteiger partial charge is 0.340 e. The summed E-state index contributed by atoms with van der Waals surface area (Å²) in [4.78, 5) is 15.8. The van der Waals surface area contributed by atoms with Gasteiger partial charge in [0, 0.05) is 17.1 Å². The lowest BCUT2D eigenvalue weighted by molar-refractivity contribution is 0.0469. The lowest BCUT2D eigenvalue weighted by Gasteiger charge is -2.06. The molecule has 2 rings (SSSR count). The molecule has 0 saturated carbocycles. The predicted octanol–water partition coefficient (Wildman–Crippen LogP) is 2.67. The second kappa shape index (κ2) is 5.31. The number of carbonyl (C=O) groups excluding carboxylic acids is 1. The van der Waals surface area contributed by atoms with Crippen molar-refractivity contribution in [3.8, 4) is 0 Å². The van der Waals surface area contributed by atoms with Gasteiger partial charge in [-0.3, -0.25) is 0 Å². The Balaban J connectivity index is 2.10. The Hall–Kier alpha value is -2.02. The van der Waals surface area contributed by atoms with Crippen LogP contribution in [0.3, 0.4) is 0 Å². The van der Waals surface area contributed by atoms with Crippen molar-refractivity contribution >= 4 is 23.0 Å². The van der Waals surface area contributed by atoms with E-state index in [1.807, 2.05) is 6.92 Å². The molecule has 0 aliphatic carbocycles. The van der Waals surface area contributed by atoms with E-state index < -0.39 is 17.6 Å². The molecule has 0 radical (unpaired) electrons. The molecular formula is C12H10F2N2O2S. The Kier molecular flexibility index (Phi) is 3.75. The fourth-order valence-corrected chi connectivity index (χ4v) is 2.03. The summed E-state index contributed by atoms with van der Waals surface area (Å²) in [5, 5.41) is 2.59. The van der Waals surface area contributed by atoms with Gasteiger partial charge in [-0.15, -0.1) is 11.3 Å². The van der Waals surface area contributed by atoms with Crippen LogP contribution in [0.2, 0.25) is 0 Å². The molecule has 0 aliphatic rings. The zero-order chi connectivity index (χ0) is 14.0. The SMILES string of the molecule is Cc1nc(COC(=O)c2cc(F)c(F)cc2N)cs1. The average Bonchev–Trinajstić information content (AvgIpc) is 2.77. The van der Waals surface area contributed by atoms with Gasteiger partial charge in [-0.1, -0.05) is 0 Å². The van der Waals surface area contributed by atoms with Gasteiger partial charge in [0.05, 0.1) is 16.3 Å². The molecule has 0 atom stereocenters. The normalized spacial score (nSPS) is 10.5. The van der Waals surface area contributed by atoms with E-state index in [4.69, 9.17) is 10.5 Å². The van der Waals surface area contributed by atoms with Crippen LogP contribution in [0.5, 0.6) is 0 Å². The van der Waals surface area contributed by atoms with E-state index in [0.29, 0.717) is 5.69 Å². The first kappa shape index (κ1) is 13.4. The summed E-state index contributed by atoms with van der Waals surface area (Å²) in [6.07, 6.45) is 0. The number of hydrogen-bond donors (Lipinski definition) is 1. The van der Waals surface area contributed by atoms with Crippen molar-refractivity contribution in [3.63, 3.8) is 0 Å². The highest BCUT2D eigenvalue weighted by Gasteiger charge is 2.16. The molecule has 0 bridgehead atoms. The summed E-state index contributed by atoms with van der Waals surface area (Å²) in [6.45, 7) is 1.78. The molecule has 2 N–H and O–H groups in total. The van der Waals surface area contributed by atoms with Crippen LogP contribution in [0.25, 0.3) is 0 Å².